The molecule has 23 heavy (non-hydrogen) atoms. The Kier molecular flexibility index (Phi) is 5.67. The van der Waals surface area contributed by atoms with E-state index in [1.807, 2.05) is 24.3 Å². The van der Waals surface area contributed by atoms with Crippen molar-refractivity contribution >= 4 is 22.2 Å². The molecule has 0 aliphatic carbocycles. The highest BCUT2D eigenvalue weighted by Crippen LogP contribution is 2.08. The Morgan fingerprint density at radius 2 is 1.61 bits per heavy atom. The van der Waals surface area contributed by atoms with Crippen LogP contribution in [0, 0.1) is 0 Å². The lowest BCUT2D eigenvalue weighted by Crippen LogP contribution is -2.35. The normalized spacial score (nSPS) is 12.9. The average Bonchev–Trinajstić information content (AvgIpc) is 2.54. The molecule has 0 aromatic heterocycles. The molecule has 0 amide bonds. The van der Waals surface area contributed by atoms with Crippen LogP contribution in [0.4, 0.5) is 0 Å². The van der Waals surface area contributed by atoms with Gasteiger partial charge in [0.2, 0.25) is 0 Å². The molecule has 120 valence electrons. The lowest BCUT2D eigenvalue weighted by Gasteiger charge is -2.10. The maximum atomic E-state index is 11.8. The summed E-state index contributed by atoms with van der Waals surface area (Å²) in [6, 6.07) is 16.8. The Hall–Kier alpha value is -2.44. The number of carbonyl (C=O) groups excluding carboxylic acids is 1. The third kappa shape index (κ3) is 5.69. The standard InChI is InChI=1S/C17H17NO4S/c18-16(13-15-9-5-2-6-10-15)17(19)22-23(20,21)12-11-14-7-3-1-4-8-14/h1-12,16H,13,18H2/t16-/m0/s1. The minimum absolute atomic E-state index is 0.206. The molecule has 0 aliphatic rings. The summed E-state index contributed by atoms with van der Waals surface area (Å²) in [6.45, 7) is 0. The monoisotopic (exact) mass is 331 g/mol. The van der Waals surface area contributed by atoms with Crippen molar-refractivity contribution in [3.63, 3.8) is 0 Å². The molecule has 2 N–H and O–H groups in total. The first-order valence-electron chi connectivity index (χ1n) is 6.97. The van der Waals surface area contributed by atoms with E-state index < -0.39 is 22.1 Å². The van der Waals surface area contributed by atoms with Gasteiger partial charge < -0.3 is 9.92 Å². The fourth-order valence-electron chi connectivity index (χ4n) is 1.88. The van der Waals surface area contributed by atoms with Gasteiger partial charge in [0.25, 0.3) is 0 Å². The molecule has 0 spiro atoms. The minimum atomic E-state index is -4.13. The SMILES string of the molecule is N[C@@H](Cc1ccccc1)C(=O)OS(=O)(=O)C=Cc1ccccc1. The summed E-state index contributed by atoms with van der Waals surface area (Å²) < 4.78 is 28.1. The van der Waals surface area contributed by atoms with Crippen LogP contribution in [0.25, 0.3) is 6.08 Å². The van der Waals surface area contributed by atoms with Crippen molar-refractivity contribution in [3.8, 4) is 0 Å². The number of benzene rings is 2. The number of hydrogen-bond donors (Lipinski definition) is 1. The van der Waals surface area contributed by atoms with Crippen LogP contribution in [0.15, 0.2) is 66.1 Å². The molecule has 6 heteroatoms. The second-order valence-corrected chi connectivity index (χ2v) is 6.33. The summed E-state index contributed by atoms with van der Waals surface area (Å²) in [5.41, 5.74) is 7.21. The van der Waals surface area contributed by atoms with Crippen molar-refractivity contribution in [2.24, 2.45) is 5.73 Å². The van der Waals surface area contributed by atoms with E-state index in [2.05, 4.69) is 4.18 Å². The molecule has 0 radical (unpaired) electrons. The van der Waals surface area contributed by atoms with Crippen LogP contribution >= 0.6 is 0 Å². The van der Waals surface area contributed by atoms with Crippen molar-refractivity contribution in [2.45, 2.75) is 12.5 Å². The van der Waals surface area contributed by atoms with Gasteiger partial charge in [0.1, 0.15) is 6.04 Å². The van der Waals surface area contributed by atoms with Crippen LogP contribution in [0.1, 0.15) is 11.1 Å². The van der Waals surface area contributed by atoms with Gasteiger partial charge in [0.05, 0.1) is 5.41 Å². The third-order valence-corrected chi connectivity index (χ3v) is 3.89. The van der Waals surface area contributed by atoms with Gasteiger partial charge >= 0.3 is 16.1 Å². The van der Waals surface area contributed by atoms with Gasteiger partial charge in [-0.05, 0) is 23.6 Å². The predicted molar refractivity (Wildman–Crippen MR) is 88.6 cm³/mol. The zero-order valence-corrected chi connectivity index (χ0v) is 13.1. The van der Waals surface area contributed by atoms with Gasteiger partial charge in [-0.3, -0.25) is 0 Å². The van der Waals surface area contributed by atoms with Crippen molar-refractivity contribution < 1.29 is 17.4 Å². The van der Waals surface area contributed by atoms with Crippen molar-refractivity contribution in [1.29, 1.82) is 0 Å². The average molecular weight is 331 g/mol. The molecule has 0 heterocycles. The quantitative estimate of drug-likeness (QED) is 0.819. The number of rotatable bonds is 6. The van der Waals surface area contributed by atoms with Crippen LogP contribution in [-0.2, 0) is 25.5 Å². The molecular formula is C17H17NO4S. The first kappa shape index (κ1) is 16.9. The first-order valence-corrected chi connectivity index (χ1v) is 8.44. The van der Waals surface area contributed by atoms with Crippen LogP contribution in [0.5, 0.6) is 0 Å². The highest BCUT2D eigenvalue weighted by atomic mass is 32.2. The van der Waals surface area contributed by atoms with Crippen LogP contribution < -0.4 is 5.73 Å². The largest absolute Gasteiger partial charge is 0.341 e. The van der Waals surface area contributed by atoms with Crippen molar-refractivity contribution in [2.75, 3.05) is 0 Å². The zero-order valence-electron chi connectivity index (χ0n) is 12.3. The Labute approximate surface area is 135 Å². The van der Waals surface area contributed by atoms with Gasteiger partial charge in [0, 0.05) is 0 Å². The molecule has 2 aromatic carbocycles. The van der Waals surface area contributed by atoms with E-state index >= 15 is 0 Å². The van der Waals surface area contributed by atoms with E-state index in [9.17, 15) is 13.2 Å². The van der Waals surface area contributed by atoms with E-state index in [1.165, 1.54) is 6.08 Å². The summed E-state index contributed by atoms with van der Waals surface area (Å²) in [5, 5.41) is 0.843. The second-order valence-electron chi connectivity index (χ2n) is 4.90. The summed E-state index contributed by atoms with van der Waals surface area (Å²) in [4.78, 5) is 11.8. The fourth-order valence-corrected chi connectivity index (χ4v) is 2.61. The lowest BCUT2D eigenvalue weighted by atomic mass is 10.1. The van der Waals surface area contributed by atoms with E-state index in [0.717, 1.165) is 11.0 Å². The van der Waals surface area contributed by atoms with E-state index in [1.54, 1.807) is 36.4 Å². The maximum Gasteiger partial charge on any atom is 0.339 e. The Bertz CT molecular complexity index is 771. The van der Waals surface area contributed by atoms with E-state index in [0.29, 0.717) is 5.56 Å². The van der Waals surface area contributed by atoms with Crippen LogP contribution in [0.2, 0.25) is 0 Å². The van der Waals surface area contributed by atoms with Crippen LogP contribution in [0.3, 0.4) is 0 Å². The van der Waals surface area contributed by atoms with E-state index in [-0.39, 0.29) is 6.42 Å². The number of carbonyl (C=O) groups is 1. The summed E-state index contributed by atoms with van der Waals surface area (Å²) in [5.74, 6) is -0.980. The smallest absolute Gasteiger partial charge is 0.339 e. The first-order chi connectivity index (χ1) is 11.0. The van der Waals surface area contributed by atoms with Gasteiger partial charge in [-0.1, -0.05) is 60.7 Å². The van der Waals surface area contributed by atoms with E-state index in [4.69, 9.17) is 5.73 Å². The maximum absolute atomic E-state index is 11.8. The van der Waals surface area contributed by atoms with Crippen molar-refractivity contribution in [1.82, 2.24) is 0 Å². The zero-order chi connectivity index (χ0) is 16.7. The Morgan fingerprint density at radius 1 is 1.04 bits per heavy atom. The molecule has 0 fully saturated rings. The molecule has 5 nitrogen and oxygen atoms in total. The molecule has 0 saturated heterocycles. The number of nitrogens with two attached hydrogens (primary N) is 1. The topological polar surface area (TPSA) is 86.5 Å². The van der Waals surface area contributed by atoms with Gasteiger partial charge in [-0.2, -0.15) is 8.42 Å². The summed E-state index contributed by atoms with van der Waals surface area (Å²) in [6.07, 6.45) is 1.56. The number of hydrogen-bond acceptors (Lipinski definition) is 5. The highest BCUT2D eigenvalue weighted by molar-refractivity contribution is 7.90. The molecular weight excluding hydrogens is 314 g/mol. The Morgan fingerprint density at radius 3 is 2.22 bits per heavy atom. The molecule has 0 saturated carbocycles. The van der Waals surface area contributed by atoms with Crippen LogP contribution in [-0.4, -0.2) is 20.4 Å². The molecule has 0 unspecified atom stereocenters. The summed E-state index contributed by atoms with van der Waals surface area (Å²) in [7, 11) is -4.13. The molecule has 0 bridgehead atoms. The predicted octanol–water partition coefficient (Wildman–Crippen LogP) is 2.10. The molecule has 0 aliphatic heterocycles. The fraction of sp³-hybridized carbons (Fsp3) is 0.118. The lowest BCUT2D eigenvalue weighted by molar-refractivity contribution is -0.135. The molecule has 2 rings (SSSR count). The van der Waals surface area contributed by atoms with Gasteiger partial charge in [0.15, 0.2) is 0 Å². The molecule has 2 aromatic rings. The van der Waals surface area contributed by atoms with Gasteiger partial charge in [-0.25, -0.2) is 4.79 Å². The van der Waals surface area contributed by atoms with Gasteiger partial charge in [-0.15, -0.1) is 0 Å². The summed E-state index contributed by atoms with van der Waals surface area (Å²) >= 11 is 0. The minimum Gasteiger partial charge on any atom is -0.341 e. The Balaban J connectivity index is 1.96. The molecule has 1 atom stereocenters. The third-order valence-electron chi connectivity index (χ3n) is 3.03. The van der Waals surface area contributed by atoms with Crippen molar-refractivity contribution in [3.05, 3.63) is 77.2 Å². The second kappa shape index (κ2) is 7.71. The highest BCUT2D eigenvalue weighted by Gasteiger charge is 2.21.